The largest absolute Gasteiger partial charge is 0.333 e. The van der Waals surface area contributed by atoms with Crippen LogP contribution >= 0.6 is 11.6 Å². The number of nitrogens with zero attached hydrogens (tertiary/aromatic N) is 2. The van der Waals surface area contributed by atoms with Crippen LogP contribution in [0, 0.1) is 17.6 Å². The highest BCUT2D eigenvalue weighted by Crippen LogP contribution is 2.31. The van der Waals surface area contributed by atoms with E-state index in [1.54, 1.807) is 31.2 Å². The number of carbonyl (C=O) groups excluding carboxylic acids is 3. The average molecular weight is 436 g/mol. The first kappa shape index (κ1) is 21.7. The molecular weight excluding hydrogens is 416 g/mol. The molecule has 1 aliphatic rings. The zero-order valence-electron chi connectivity index (χ0n) is 16.2. The maximum atomic E-state index is 13.7. The van der Waals surface area contributed by atoms with Crippen LogP contribution in [0.2, 0.25) is 5.02 Å². The number of halogens is 3. The Kier molecular flexibility index (Phi) is 6.66. The van der Waals surface area contributed by atoms with Gasteiger partial charge in [0.2, 0.25) is 17.7 Å². The van der Waals surface area contributed by atoms with Crippen LogP contribution in [0.3, 0.4) is 0 Å². The highest BCUT2D eigenvalue weighted by atomic mass is 35.5. The van der Waals surface area contributed by atoms with Crippen molar-refractivity contribution in [2.24, 2.45) is 5.92 Å². The number of nitrogens with one attached hydrogen (secondary N) is 1. The first-order valence-electron chi connectivity index (χ1n) is 9.39. The SMILES string of the molecule is CCN(CC(=O)Nc1c(F)cccc1F)C(=O)[C@H]1CC(=O)N(c2ccccc2Cl)C1. The van der Waals surface area contributed by atoms with Gasteiger partial charge in [-0.2, -0.15) is 0 Å². The van der Waals surface area contributed by atoms with Crippen LogP contribution in [-0.4, -0.2) is 42.3 Å². The number of para-hydroxylation sites is 2. The summed E-state index contributed by atoms with van der Waals surface area (Å²) in [5.41, 5.74) is -0.0396. The van der Waals surface area contributed by atoms with Crippen molar-refractivity contribution < 1.29 is 23.2 Å². The number of amides is 3. The van der Waals surface area contributed by atoms with E-state index in [-0.39, 0.29) is 37.9 Å². The zero-order chi connectivity index (χ0) is 21.8. The molecule has 1 aliphatic heterocycles. The molecule has 3 amide bonds. The monoisotopic (exact) mass is 435 g/mol. The van der Waals surface area contributed by atoms with Gasteiger partial charge in [0.25, 0.3) is 0 Å². The summed E-state index contributed by atoms with van der Waals surface area (Å²) < 4.78 is 27.5. The van der Waals surface area contributed by atoms with E-state index in [0.29, 0.717) is 10.7 Å². The predicted octanol–water partition coefficient (Wildman–Crippen LogP) is 3.46. The molecule has 1 fully saturated rings. The number of hydrogen-bond acceptors (Lipinski definition) is 3. The Hall–Kier alpha value is -3.00. The number of anilines is 2. The molecule has 2 aromatic rings. The normalized spacial score (nSPS) is 15.9. The van der Waals surface area contributed by atoms with Crippen LogP contribution < -0.4 is 10.2 Å². The van der Waals surface area contributed by atoms with Gasteiger partial charge in [-0.3, -0.25) is 14.4 Å². The van der Waals surface area contributed by atoms with E-state index in [2.05, 4.69) is 5.32 Å². The van der Waals surface area contributed by atoms with Gasteiger partial charge in [0.1, 0.15) is 17.3 Å². The van der Waals surface area contributed by atoms with Gasteiger partial charge in [0.05, 0.1) is 23.2 Å². The Balaban J connectivity index is 1.67. The summed E-state index contributed by atoms with van der Waals surface area (Å²) in [6.07, 6.45) is -0.00980. The van der Waals surface area contributed by atoms with Gasteiger partial charge in [-0.05, 0) is 31.2 Å². The second-order valence-electron chi connectivity index (χ2n) is 6.85. The molecule has 9 heteroatoms. The minimum atomic E-state index is -0.908. The van der Waals surface area contributed by atoms with Crippen molar-refractivity contribution in [1.29, 1.82) is 0 Å². The lowest BCUT2D eigenvalue weighted by Crippen LogP contribution is -2.42. The van der Waals surface area contributed by atoms with Crippen LogP contribution in [-0.2, 0) is 14.4 Å². The standard InChI is InChI=1S/C21H20ClF2N3O3/c1-2-26(12-18(28)25-20-15(23)7-5-8-16(20)24)21(30)13-10-19(29)27(11-13)17-9-4-3-6-14(17)22/h3-9,13H,2,10-12H2,1H3,(H,25,28)/t13-/m0/s1. The van der Waals surface area contributed by atoms with Crippen molar-refractivity contribution in [2.45, 2.75) is 13.3 Å². The van der Waals surface area contributed by atoms with Crippen molar-refractivity contribution >= 4 is 40.7 Å². The fraction of sp³-hybridized carbons (Fsp3) is 0.286. The minimum Gasteiger partial charge on any atom is -0.333 e. The van der Waals surface area contributed by atoms with E-state index in [9.17, 15) is 23.2 Å². The van der Waals surface area contributed by atoms with E-state index in [4.69, 9.17) is 11.6 Å². The molecule has 30 heavy (non-hydrogen) atoms. The Morgan fingerprint density at radius 3 is 2.47 bits per heavy atom. The van der Waals surface area contributed by atoms with Crippen molar-refractivity contribution in [1.82, 2.24) is 4.90 Å². The van der Waals surface area contributed by atoms with Crippen molar-refractivity contribution in [3.8, 4) is 0 Å². The van der Waals surface area contributed by atoms with Gasteiger partial charge in [-0.1, -0.05) is 29.8 Å². The number of hydrogen-bond donors (Lipinski definition) is 1. The van der Waals surface area contributed by atoms with Crippen molar-refractivity contribution in [3.63, 3.8) is 0 Å². The summed E-state index contributed by atoms with van der Waals surface area (Å²) in [4.78, 5) is 40.3. The summed E-state index contributed by atoms with van der Waals surface area (Å²) in [7, 11) is 0. The maximum absolute atomic E-state index is 13.7. The Bertz CT molecular complexity index is 965. The van der Waals surface area contributed by atoms with Crippen molar-refractivity contribution in [3.05, 3.63) is 59.1 Å². The number of carbonyl (C=O) groups is 3. The van der Waals surface area contributed by atoms with Gasteiger partial charge < -0.3 is 15.1 Å². The third-order valence-electron chi connectivity index (χ3n) is 4.87. The van der Waals surface area contributed by atoms with Crippen LogP contribution in [0.25, 0.3) is 0 Å². The third-order valence-corrected chi connectivity index (χ3v) is 5.19. The third kappa shape index (κ3) is 4.59. The van der Waals surface area contributed by atoms with Crippen molar-refractivity contribution in [2.75, 3.05) is 29.9 Å². The second-order valence-corrected chi connectivity index (χ2v) is 7.26. The summed E-state index contributed by atoms with van der Waals surface area (Å²) in [6, 6.07) is 10.1. The topological polar surface area (TPSA) is 69.7 Å². The van der Waals surface area contributed by atoms with Gasteiger partial charge in [-0.15, -0.1) is 0 Å². The van der Waals surface area contributed by atoms with Gasteiger partial charge >= 0.3 is 0 Å². The molecule has 0 aromatic heterocycles. The lowest BCUT2D eigenvalue weighted by atomic mass is 10.1. The Labute approximate surface area is 177 Å². The molecule has 0 bridgehead atoms. The molecule has 0 saturated carbocycles. The first-order valence-corrected chi connectivity index (χ1v) is 9.77. The molecular formula is C21H20ClF2N3O3. The number of rotatable bonds is 6. The van der Waals surface area contributed by atoms with E-state index < -0.39 is 29.1 Å². The van der Waals surface area contributed by atoms with Gasteiger partial charge in [-0.25, -0.2) is 8.78 Å². The summed E-state index contributed by atoms with van der Waals surface area (Å²) in [5, 5.41) is 2.56. The van der Waals surface area contributed by atoms with E-state index in [1.807, 2.05) is 0 Å². The maximum Gasteiger partial charge on any atom is 0.244 e. The van der Waals surface area contributed by atoms with Crippen LogP contribution in [0.15, 0.2) is 42.5 Å². The van der Waals surface area contributed by atoms with Crippen LogP contribution in [0.1, 0.15) is 13.3 Å². The summed E-state index contributed by atoms with van der Waals surface area (Å²) >= 11 is 6.15. The van der Waals surface area contributed by atoms with Crippen LogP contribution in [0.4, 0.5) is 20.2 Å². The van der Waals surface area contributed by atoms with Gasteiger partial charge in [0.15, 0.2) is 0 Å². The molecule has 6 nitrogen and oxygen atoms in total. The van der Waals surface area contributed by atoms with Crippen LogP contribution in [0.5, 0.6) is 0 Å². The van der Waals surface area contributed by atoms with E-state index in [0.717, 1.165) is 12.1 Å². The van der Waals surface area contributed by atoms with Gasteiger partial charge in [0, 0.05) is 19.5 Å². The molecule has 0 unspecified atom stereocenters. The first-order chi connectivity index (χ1) is 14.3. The molecule has 1 atom stereocenters. The molecule has 0 spiro atoms. The minimum absolute atomic E-state index is 0.00980. The molecule has 0 radical (unpaired) electrons. The highest BCUT2D eigenvalue weighted by Gasteiger charge is 2.38. The zero-order valence-corrected chi connectivity index (χ0v) is 17.0. The fourth-order valence-corrected chi connectivity index (χ4v) is 3.59. The summed E-state index contributed by atoms with van der Waals surface area (Å²) in [6.45, 7) is 1.63. The average Bonchev–Trinajstić information content (AvgIpc) is 3.10. The highest BCUT2D eigenvalue weighted by molar-refractivity contribution is 6.33. The Morgan fingerprint density at radius 2 is 1.83 bits per heavy atom. The molecule has 1 heterocycles. The lowest BCUT2D eigenvalue weighted by molar-refractivity contribution is -0.138. The number of benzene rings is 2. The number of likely N-dealkylation sites (N-methyl/N-ethyl adjacent to an activating group) is 1. The van der Waals surface area contributed by atoms with E-state index in [1.165, 1.54) is 15.9 Å². The summed E-state index contributed by atoms with van der Waals surface area (Å²) in [5.74, 6) is -3.82. The quantitative estimate of drug-likeness (QED) is 0.755. The molecule has 2 aromatic carbocycles. The fourth-order valence-electron chi connectivity index (χ4n) is 3.35. The lowest BCUT2D eigenvalue weighted by Gasteiger charge is -2.24. The molecule has 1 N–H and O–H groups in total. The second kappa shape index (κ2) is 9.21. The molecule has 3 rings (SSSR count). The molecule has 0 aliphatic carbocycles. The Morgan fingerprint density at radius 1 is 1.17 bits per heavy atom. The molecule has 1 saturated heterocycles. The molecule has 158 valence electrons. The predicted molar refractivity (Wildman–Crippen MR) is 109 cm³/mol. The smallest absolute Gasteiger partial charge is 0.244 e. The van der Waals surface area contributed by atoms with E-state index >= 15 is 0 Å².